The molecule has 2 heterocycles. The first kappa shape index (κ1) is 18.0. The van der Waals surface area contributed by atoms with Gasteiger partial charge in [0, 0.05) is 12.7 Å². The molecule has 2 atom stereocenters. The Hall–Kier alpha value is -3.35. The molecule has 6 heteroatoms. The first-order valence-corrected chi connectivity index (χ1v) is 8.75. The third-order valence-electron chi connectivity index (χ3n) is 4.89. The van der Waals surface area contributed by atoms with Crippen LogP contribution in [-0.4, -0.2) is 29.3 Å². The van der Waals surface area contributed by atoms with Crippen LogP contribution in [0, 0.1) is 0 Å². The maximum absolute atomic E-state index is 12.6. The number of ether oxygens (including phenoxy) is 1. The van der Waals surface area contributed by atoms with Crippen LogP contribution in [-0.2, 0) is 15.1 Å². The summed E-state index contributed by atoms with van der Waals surface area (Å²) < 4.78 is 10.6. The van der Waals surface area contributed by atoms with E-state index in [0.29, 0.717) is 22.6 Å². The van der Waals surface area contributed by atoms with E-state index in [2.05, 4.69) is 5.32 Å². The molecule has 0 saturated carbocycles. The average molecular weight is 377 g/mol. The number of fused-ring (bicyclic) bond motifs is 1. The highest BCUT2D eigenvalue weighted by atomic mass is 16.5. The van der Waals surface area contributed by atoms with Gasteiger partial charge in [0.1, 0.15) is 11.5 Å². The Labute approximate surface area is 161 Å². The topological polar surface area (TPSA) is 91.9 Å². The standard InChI is InChI=1S/C22H19NO5/c1-27-20-21(25)23-17-12-10-14(9-11-16-8-5-13-28-16)19(24)18(17)22(20,26)15-6-3-2-4-7-15/h2-13,20,24,26H,1H3,(H,23,25)/b11-9+. The van der Waals surface area contributed by atoms with Gasteiger partial charge in [0.15, 0.2) is 11.7 Å². The lowest BCUT2D eigenvalue weighted by Gasteiger charge is -2.40. The van der Waals surface area contributed by atoms with Crippen LogP contribution in [0.15, 0.2) is 65.3 Å². The second-order valence-electron chi connectivity index (χ2n) is 6.51. The molecule has 1 aromatic heterocycles. The summed E-state index contributed by atoms with van der Waals surface area (Å²) in [5, 5.41) is 25.4. The maximum Gasteiger partial charge on any atom is 0.257 e. The summed E-state index contributed by atoms with van der Waals surface area (Å²) in [4.78, 5) is 12.6. The molecule has 2 unspecified atom stereocenters. The highest BCUT2D eigenvalue weighted by molar-refractivity contribution is 6.00. The highest BCUT2D eigenvalue weighted by Gasteiger charge is 2.51. The van der Waals surface area contributed by atoms with Gasteiger partial charge in [-0.2, -0.15) is 0 Å². The molecule has 1 aliphatic rings. The highest BCUT2D eigenvalue weighted by Crippen LogP contribution is 2.47. The van der Waals surface area contributed by atoms with Gasteiger partial charge >= 0.3 is 0 Å². The molecule has 3 aromatic rings. The van der Waals surface area contributed by atoms with E-state index in [1.807, 2.05) is 0 Å². The first-order valence-electron chi connectivity index (χ1n) is 8.75. The number of methoxy groups -OCH3 is 1. The van der Waals surface area contributed by atoms with Crippen molar-refractivity contribution in [3.05, 3.63) is 83.3 Å². The minimum absolute atomic E-state index is 0.145. The molecule has 1 amide bonds. The summed E-state index contributed by atoms with van der Waals surface area (Å²) in [5.74, 6) is -0.00754. The molecule has 28 heavy (non-hydrogen) atoms. The van der Waals surface area contributed by atoms with Crippen molar-refractivity contribution in [2.24, 2.45) is 0 Å². The number of rotatable bonds is 4. The number of phenols is 1. The summed E-state index contributed by atoms with van der Waals surface area (Å²) >= 11 is 0. The Bertz CT molecular complexity index is 1030. The van der Waals surface area contributed by atoms with Crippen molar-refractivity contribution in [1.82, 2.24) is 0 Å². The van der Waals surface area contributed by atoms with Gasteiger partial charge in [-0.15, -0.1) is 0 Å². The number of aliphatic hydroxyl groups is 1. The Morgan fingerprint density at radius 3 is 2.57 bits per heavy atom. The minimum Gasteiger partial charge on any atom is -0.507 e. The van der Waals surface area contributed by atoms with Crippen molar-refractivity contribution in [2.45, 2.75) is 11.7 Å². The van der Waals surface area contributed by atoms with E-state index in [9.17, 15) is 15.0 Å². The first-order chi connectivity index (χ1) is 13.6. The third-order valence-corrected chi connectivity index (χ3v) is 4.89. The fourth-order valence-corrected chi connectivity index (χ4v) is 3.57. The Morgan fingerprint density at radius 1 is 1.11 bits per heavy atom. The van der Waals surface area contributed by atoms with Gasteiger partial charge in [-0.3, -0.25) is 4.79 Å². The number of hydrogen-bond acceptors (Lipinski definition) is 5. The predicted octanol–water partition coefficient (Wildman–Crippen LogP) is 3.36. The summed E-state index contributed by atoms with van der Waals surface area (Å²) in [6, 6.07) is 15.6. The zero-order valence-corrected chi connectivity index (χ0v) is 15.1. The van der Waals surface area contributed by atoms with Crippen LogP contribution in [0.4, 0.5) is 5.69 Å². The number of phenolic OH excluding ortho intramolecular Hbond substituents is 1. The number of aromatic hydroxyl groups is 1. The van der Waals surface area contributed by atoms with Crippen molar-refractivity contribution in [1.29, 1.82) is 0 Å². The van der Waals surface area contributed by atoms with Crippen molar-refractivity contribution < 1.29 is 24.2 Å². The fourth-order valence-electron chi connectivity index (χ4n) is 3.57. The monoisotopic (exact) mass is 377 g/mol. The lowest BCUT2D eigenvalue weighted by Crippen LogP contribution is -2.52. The third kappa shape index (κ3) is 2.79. The smallest absolute Gasteiger partial charge is 0.257 e. The zero-order valence-electron chi connectivity index (χ0n) is 15.1. The molecule has 1 aliphatic heterocycles. The summed E-state index contributed by atoms with van der Waals surface area (Å²) in [5.41, 5.74) is -0.424. The Balaban J connectivity index is 1.91. The molecule has 0 radical (unpaired) electrons. The van der Waals surface area contributed by atoms with Crippen molar-refractivity contribution in [3.8, 4) is 5.75 Å². The van der Waals surface area contributed by atoms with Crippen LogP contribution in [0.5, 0.6) is 5.75 Å². The second kappa shape index (κ2) is 6.99. The van der Waals surface area contributed by atoms with Crippen LogP contribution in [0.1, 0.15) is 22.5 Å². The van der Waals surface area contributed by atoms with Gasteiger partial charge in [-0.1, -0.05) is 30.3 Å². The molecule has 4 rings (SSSR count). The molecule has 3 N–H and O–H groups in total. The Kier molecular flexibility index (Phi) is 4.50. The van der Waals surface area contributed by atoms with Crippen LogP contribution in [0.3, 0.4) is 0 Å². The minimum atomic E-state index is -1.85. The number of benzene rings is 2. The zero-order chi connectivity index (χ0) is 19.7. The lowest BCUT2D eigenvalue weighted by atomic mass is 9.77. The van der Waals surface area contributed by atoms with E-state index >= 15 is 0 Å². The molecule has 142 valence electrons. The molecule has 0 spiro atoms. The number of nitrogens with one attached hydrogen (secondary N) is 1. The van der Waals surface area contributed by atoms with Crippen molar-refractivity contribution >= 4 is 23.7 Å². The number of carbonyl (C=O) groups is 1. The Morgan fingerprint density at radius 2 is 1.89 bits per heavy atom. The molecule has 0 aliphatic carbocycles. The van der Waals surface area contributed by atoms with E-state index in [0.717, 1.165) is 0 Å². The van der Waals surface area contributed by atoms with Gasteiger partial charge < -0.3 is 24.7 Å². The number of carbonyl (C=O) groups excluding carboxylic acids is 1. The molecule has 2 aromatic carbocycles. The van der Waals surface area contributed by atoms with Crippen LogP contribution < -0.4 is 5.32 Å². The quantitative estimate of drug-likeness (QED) is 0.648. The summed E-state index contributed by atoms with van der Waals surface area (Å²) in [6.07, 6.45) is 3.72. The number of anilines is 1. The SMILES string of the molecule is COC1C(=O)Nc2ccc(/C=C/c3ccco3)c(O)c2C1(O)c1ccccc1. The van der Waals surface area contributed by atoms with Crippen molar-refractivity contribution in [3.63, 3.8) is 0 Å². The number of hydrogen-bond donors (Lipinski definition) is 3. The molecule has 0 saturated heterocycles. The van der Waals surface area contributed by atoms with Gasteiger partial charge in [0.05, 0.1) is 17.5 Å². The normalized spacial score (nSPS) is 21.5. The fraction of sp³-hybridized carbons (Fsp3) is 0.136. The van der Waals surface area contributed by atoms with Gasteiger partial charge in [-0.25, -0.2) is 0 Å². The molecule has 6 nitrogen and oxygen atoms in total. The molecule has 0 bridgehead atoms. The lowest BCUT2D eigenvalue weighted by molar-refractivity contribution is -0.142. The molecular weight excluding hydrogens is 358 g/mol. The average Bonchev–Trinajstić information content (AvgIpc) is 3.22. The summed E-state index contributed by atoms with van der Waals surface area (Å²) in [6.45, 7) is 0. The van der Waals surface area contributed by atoms with E-state index in [1.54, 1.807) is 73.0 Å². The van der Waals surface area contributed by atoms with E-state index < -0.39 is 17.6 Å². The van der Waals surface area contributed by atoms with Gasteiger partial charge in [-0.05, 0) is 42.0 Å². The second-order valence-corrected chi connectivity index (χ2v) is 6.51. The van der Waals surface area contributed by atoms with E-state index in [4.69, 9.17) is 9.15 Å². The van der Waals surface area contributed by atoms with Crippen LogP contribution in [0.2, 0.25) is 0 Å². The van der Waals surface area contributed by atoms with Crippen molar-refractivity contribution in [2.75, 3.05) is 12.4 Å². The van der Waals surface area contributed by atoms with E-state index in [1.165, 1.54) is 7.11 Å². The molecular formula is C22H19NO5. The number of furan rings is 1. The van der Waals surface area contributed by atoms with Crippen LogP contribution >= 0.6 is 0 Å². The maximum atomic E-state index is 12.6. The van der Waals surface area contributed by atoms with Gasteiger partial charge in [0.25, 0.3) is 5.91 Å². The van der Waals surface area contributed by atoms with Crippen LogP contribution in [0.25, 0.3) is 12.2 Å². The molecule has 0 fully saturated rings. The van der Waals surface area contributed by atoms with E-state index in [-0.39, 0.29) is 11.3 Å². The van der Waals surface area contributed by atoms with Gasteiger partial charge in [0.2, 0.25) is 0 Å². The number of amides is 1. The predicted molar refractivity (Wildman–Crippen MR) is 105 cm³/mol. The summed E-state index contributed by atoms with van der Waals surface area (Å²) in [7, 11) is 1.35. The largest absolute Gasteiger partial charge is 0.507 e.